The van der Waals surface area contributed by atoms with Crippen molar-refractivity contribution in [2.24, 2.45) is 0 Å². The molecule has 0 saturated heterocycles. The standard InChI is InChI=1S/C14H15N3O2/c1-10-3-5-12(6-4-10)11(2)16-14-8-7-13(9-15-14)17(18)19/h3-9,11H,1-2H3,(H,15,16)/t11-/m0/s1. The van der Waals surface area contributed by atoms with Gasteiger partial charge < -0.3 is 5.32 Å². The van der Waals surface area contributed by atoms with E-state index in [-0.39, 0.29) is 11.7 Å². The second-order valence-corrected chi connectivity index (χ2v) is 4.44. The average molecular weight is 257 g/mol. The van der Waals surface area contributed by atoms with E-state index >= 15 is 0 Å². The van der Waals surface area contributed by atoms with Crippen LogP contribution in [0.15, 0.2) is 42.6 Å². The molecule has 0 unspecified atom stereocenters. The molecule has 1 aromatic heterocycles. The number of aromatic nitrogens is 1. The lowest BCUT2D eigenvalue weighted by Gasteiger charge is -2.14. The second-order valence-electron chi connectivity index (χ2n) is 4.44. The molecule has 0 amide bonds. The Morgan fingerprint density at radius 1 is 1.21 bits per heavy atom. The zero-order chi connectivity index (χ0) is 13.8. The molecule has 1 atom stereocenters. The molecular formula is C14H15N3O2. The Kier molecular flexibility index (Phi) is 3.75. The summed E-state index contributed by atoms with van der Waals surface area (Å²) in [5.74, 6) is 0.624. The van der Waals surface area contributed by atoms with Crippen LogP contribution in [0.25, 0.3) is 0 Å². The first-order chi connectivity index (χ1) is 9.06. The Labute approximate surface area is 111 Å². The lowest BCUT2D eigenvalue weighted by Crippen LogP contribution is -2.07. The Balaban J connectivity index is 2.08. The van der Waals surface area contributed by atoms with Crippen molar-refractivity contribution in [3.63, 3.8) is 0 Å². The lowest BCUT2D eigenvalue weighted by atomic mass is 10.1. The summed E-state index contributed by atoms with van der Waals surface area (Å²) in [5.41, 5.74) is 2.35. The molecule has 2 aromatic rings. The van der Waals surface area contributed by atoms with Gasteiger partial charge in [0.15, 0.2) is 0 Å². The highest BCUT2D eigenvalue weighted by molar-refractivity contribution is 5.42. The first-order valence-corrected chi connectivity index (χ1v) is 6.00. The Morgan fingerprint density at radius 3 is 2.42 bits per heavy atom. The zero-order valence-corrected chi connectivity index (χ0v) is 10.8. The molecule has 5 heteroatoms. The van der Waals surface area contributed by atoms with E-state index in [0.717, 1.165) is 5.56 Å². The zero-order valence-electron chi connectivity index (χ0n) is 10.8. The molecule has 0 saturated carbocycles. The molecule has 98 valence electrons. The normalized spacial score (nSPS) is 11.9. The van der Waals surface area contributed by atoms with Gasteiger partial charge in [-0.15, -0.1) is 0 Å². The third-order valence-corrected chi connectivity index (χ3v) is 2.90. The number of hydrogen-bond acceptors (Lipinski definition) is 4. The summed E-state index contributed by atoms with van der Waals surface area (Å²) in [4.78, 5) is 14.1. The van der Waals surface area contributed by atoms with E-state index in [9.17, 15) is 10.1 Å². The molecule has 2 rings (SSSR count). The number of anilines is 1. The number of pyridine rings is 1. The maximum atomic E-state index is 10.5. The number of nitrogens with zero attached hydrogens (tertiary/aromatic N) is 2. The highest BCUT2D eigenvalue weighted by Gasteiger charge is 2.08. The van der Waals surface area contributed by atoms with Gasteiger partial charge in [0, 0.05) is 12.1 Å². The Hall–Kier alpha value is -2.43. The largest absolute Gasteiger partial charge is 0.364 e. The topological polar surface area (TPSA) is 68.1 Å². The van der Waals surface area contributed by atoms with Crippen LogP contribution in [0.4, 0.5) is 11.5 Å². The van der Waals surface area contributed by atoms with E-state index in [2.05, 4.69) is 34.6 Å². The molecule has 0 bridgehead atoms. The van der Waals surface area contributed by atoms with Crippen molar-refractivity contribution >= 4 is 11.5 Å². The van der Waals surface area contributed by atoms with Gasteiger partial charge in [0.2, 0.25) is 0 Å². The Bertz CT molecular complexity index is 564. The smallest absolute Gasteiger partial charge is 0.287 e. The molecule has 0 aliphatic rings. The molecule has 1 aromatic carbocycles. The maximum absolute atomic E-state index is 10.5. The van der Waals surface area contributed by atoms with Gasteiger partial charge in [-0.3, -0.25) is 10.1 Å². The highest BCUT2D eigenvalue weighted by atomic mass is 16.6. The van der Waals surface area contributed by atoms with E-state index in [4.69, 9.17) is 0 Å². The molecule has 5 nitrogen and oxygen atoms in total. The van der Waals surface area contributed by atoms with Crippen molar-refractivity contribution in [3.8, 4) is 0 Å². The van der Waals surface area contributed by atoms with Gasteiger partial charge in [0.25, 0.3) is 5.69 Å². The highest BCUT2D eigenvalue weighted by Crippen LogP contribution is 2.19. The van der Waals surface area contributed by atoms with Crippen molar-refractivity contribution in [1.82, 2.24) is 4.98 Å². The summed E-state index contributed by atoms with van der Waals surface area (Å²) in [6, 6.07) is 11.4. The van der Waals surface area contributed by atoms with Gasteiger partial charge in [-0.05, 0) is 25.5 Å². The quantitative estimate of drug-likeness (QED) is 0.672. The molecule has 1 heterocycles. The summed E-state index contributed by atoms with van der Waals surface area (Å²) < 4.78 is 0. The van der Waals surface area contributed by atoms with E-state index in [1.807, 2.05) is 13.8 Å². The summed E-state index contributed by atoms with van der Waals surface area (Å²) in [6.45, 7) is 4.06. The van der Waals surface area contributed by atoms with Crippen LogP contribution in [0.1, 0.15) is 24.1 Å². The van der Waals surface area contributed by atoms with Crippen LogP contribution in [0, 0.1) is 17.0 Å². The van der Waals surface area contributed by atoms with Crippen LogP contribution in [0.2, 0.25) is 0 Å². The number of hydrogen-bond donors (Lipinski definition) is 1. The second kappa shape index (κ2) is 5.48. The van der Waals surface area contributed by atoms with Gasteiger partial charge >= 0.3 is 0 Å². The fraction of sp³-hybridized carbons (Fsp3) is 0.214. The predicted molar refractivity (Wildman–Crippen MR) is 74.1 cm³/mol. The van der Waals surface area contributed by atoms with Crippen molar-refractivity contribution in [2.45, 2.75) is 19.9 Å². The maximum Gasteiger partial charge on any atom is 0.287 e. The van der Waals surface area contributed by atoms with Gasteiger partial charge in [-0.25, -0.2) is 4.98 Å². The van der Waals surface area contributed by atoms with Crippen LogP contribution in [0.5, 0.6) is 0 Å². The summed E-state index contributed by atoms with van der Waals surface area (Å²) >= 11 is 0. The first kappa shape index (κ1) is 13.0. The summed E-state index contributed by atoms with van der Waals surface area (Å²) in [5, 5.41) is 13.7. The molecule has 0 radical (unpaired) electrons. The van der Waals surface area contributed by atoms with Crippen LogP contribution in [0.3, 0.4) is 0 Å². The molecule has 0 fully saturated rings. The van der Waals surface area contributed by atoms with Crippen LogP contribution >= 0.6 is 0 Å². The fourth-order valence-electron chi connectivity index (χ4n) is 1.74. The van der Waals surface area contributed by atoms with Crippen LogP contribution in [-0.2, 0) is 0 Å². The number of rotatable bonds is 4. The van der Waals surface area contributed by atoms with E-state index < -0.39 is 4.92 Å². The van der Waals surface area contributed by atoms with Gasteiger partial charge in [0.05, 0.1) is 4.92 Å². The minimum atomic E-state index is -0.458. The first-order valence-electron chi connectivity index (χ1n) is 6.00. The minimum absolute atomic E-state index is 0.00598. The van der Waals surface area contributed by atoms with Crippen molar-refractivity contribution in [3.05, 3.63) is 63.8 Å². The molecule has 0 aliphatic heterocycles. The van der Waals surface area contributed by atoms with Crippen LogP contribution < -0.4 is 5.32 Å². The number of nitrogens with one attached hydrogen (secondary N) is 1. The number of aryl methyl sites for hydroxylation is 1. The summed E-state index contributed by atoms with van der Waals surface area (Å²) in [6.07, 6.45) is 1.25. The summed E-state index contributed by atoms with van der Waals surface area (Å²) in [7, 11) is 0. The molecule has 19 heavy (non-hydrogen) atoms. The lowest BCUT2D eigenvalue weighted by molar-refractivity contribution is -0.385. The molecule has 0 spiro atoms. The SMILES string of the molecule is Cc1ccc([C@H](C)Nc2ccc([N+](=O)[O-])cn2)cc1. The van der Waals surface area contributed by atoms with Gasteiger partial charge in [-0.2, -0.15) is 0 Å². The number of nitro groups is 1. The monoisotopic (exact) mass is 257 g/mol. The average Bonchev–Trinajstić information content (AvgIpc) is 2.40. The fourth-order valence-corrected chi connectivity index (χ4v) is 1.74. The predicted octanol–water partition coefficient (Wildman–Crippen LogP) is 3.47. The third kappa shape index (κ3) is 3.28. The van der Waals surface area contributed by atoms with Crippen molar-refractivity contribution in [2.75, 3.05) is 5.32 Å². The van der Waals surface area contributed by atoms with Gasteiger partial charge in [-0.1, -0.05) is 29.8 Å². The Morgan fingerprint density at radius 2 is 1.89 bits per heavy atom. The van der Waals surface area contributed by atoms with Crippen molar-refractivity contribution < 1.29 is 4.92 Å². The van der Waals surface area contributed by atoms with E-state index in [1.54, 1.807) is 6.07 Å². The number of benzene rings is 1. The van der Waals surface area contributed by atoms with Crippen LogP contribution in [-0.4, -0.2) is 9.91 Å². The van der Waals surface area contributed by atoms with E-state index in [1.165, 1.54) is 17.8 Å². The molecular weight excluding hydrogens is 242 g/mol. The minimum Gasteiger partial charge on any atom is -0.364 e. The molecule has 0 aliphatic carbocycles. The third-order valence-electron chi connectivity index (χ3n) is 2.90. The van der Waals surface area contributed by atoms with Gasteiger partial charge in [0.1, 0.15) is 12.0 Å². The van der Waals surface area contributed by atoms with Crippen molar-refractivity contribution in [1.29, 1.82) is 0 Å². The molecule has 1 N–H and O–H groups in total. The van der Waals surface area contributed by atoms with E-state index in [0.29, 0.717) is 5.82 Å².